The van der Waals surface area contributed by atoms with Gasteiger partial charge in [-0.15, -0.1) is 0 Å². The van der Waals surface area contributed by atoms with Gasteiger partial charge in [0.15, 0.2) is 5.60 Å². The normalized spacial score (nSPS) is 12.1. The molecule has 0 aromatic rings. The summed E-state index contributed by atoms with van der Waals surface area (Å²) < 4.78 is 0. The van der Waals surface area contributed by atoms with E-state index >= 15 is 0 Å². The number of carbonyl (C=O) groups excluding carboxylic acids is 3. The van der Waals surface area contributed by atoms with E-state index < -0.39 is 60.8 Å². The van der Waals surface area contributed by atoms with E-state index in [4.69, 9.17) is 20.4 Å². The molecule has 0 aromatic heterocycles. The molecule has 25 heavy (non-hydrogen) atoms. The molecule has 0 saturated heterocycles. The van der Waals surface area contributed by atoms with E-state index in [-0.39, 0.29) is 132 Å². The van der Waals surface area contributed by atoms with Crippen molar-refractivity contribution in [3.8, 4) is 0 Å². The summed E-state index contributed by atoms with van der Waals surface area (Å²) in [6.45, 7) is 0. The van der Waals surface area contributed by atoms with E-state index in [0.717, 1.165) is 0 Å². The molecule has 0 aliphatic carbocycles. The molecule has 0 heterocycles. The topological polar surface area (TPSA) is 235 Å². The molecule has 0 spiro atoms. The van der Waals surface area contributed by atoms with Gasteiger partial charge in [-0.3, -0.25) is 4.79 Å². The maximum atomic E-state index is 10.3. The van der Waals surface area contributed by atoms with Crippen LogP contribution >= 0.6 is 0 Å². The number of carbonyl (C=O) groups is 5. The van der Waals surface area contributed by atoms with Gasteiger partial charge in [0, 0.05) is 24.8 Å². The van der Waals surface area contributed by atoms with Crippen molar-refractivity contribution in [2.45, 2.75) is 31.0 Å². The predicted molar refractivity (Wildman–Crippen MR) is 55.1 cm³/mol. The Labute approximate surface area is 248 Å². The second kappa shape index (κ2) is 18.9. The number of aliphatic carboxylic acids is 5. The van der Waals surface area contributed by atoms with Crippen molar-refractivity contribution in [1.82, 2.24) is 0 Å². The smallest absolute Gasteiger partial charge is 0.550 e. The summed E-state index contributed by atoms with van der Waals surface area (Å²) in [5.74, 6) is -8.76. The van der Waals surface area contributed by atoms with E-state index in [0.29, 0.717) is 0 Å². The van der Waals surface area contributed by atoms with Gasteiger partial charge in [0.05, 0.1) is 18.5 Å². The van der Waals surface area contributed by atoms with Gasteiger partial charge >= 0.3 is 144 Å². The molecule has 0 aliphatic heterocycles. The minimum absolute atomic E-state index is 0. The summed E-state index contributed by atoms with van der Waals surface area (Å²) in [5, 5.41) is 62.9. The fourth-order valence-electron chi connectivity index (χ4n) is 0.944. The molecule has 0 rings (SSSR count). The summed E-state index contributed by atoms with van der Waals surface area (Å²) >= 11 is 0. The third kappa shape index (κ3) is 21.7. The SMILES string of the molecule is O=C([O-])CC(O)(CC(=O)O)C(=O)O.O=C([O-])CC(O)C(=O)[O-].[K+].[K+].[Na+]. The third-order valence-corrected chi connectivity index (χ3v) is 1.91. The molecule has 0 bridgehead atoms. The van der Waals surface area contributed by atoms with Gasteiger partial charge in [-0.2, -0.15) is 0 Å². The second-order valence-corrected chi connectivity index (χ2v) is 3.87. The Bertz CT molecular complexity index is 453. The standard InChI is InChI=1S/C6H8O7.C4H6O5.2K.Na/c7-3(8)1-6(13,5(11)12)2-4(9)10;5-2(4(8)9)1-3(6)7;;;/h13H,1-2H2,(H,7,8)(H,9,10)(H,11,12);2,5H,1H2,(H,6,7)(H,8,9);;;/q;;3*+1/p-3. The molecule has 0 radical (unpaired) electrons. The van der Waals surface area contributed by atoms with Crippen LogP contribution in [0.5, 0.6) is 0 Å². The monoisotopic (exact) mass is 424 g/mol. The number of aliphatic hydroxyl groups is 2. The first kappa shape index (κ1) is 37.3. The third-order valence-electron chi connectivity index (χ3n) is 1.91. The van der Waals surface area contributed by atoms with Crippen molar-refractivity contribution in [1.29, 1.82) is 0 Å². The first-order valence-corrected chi connectivity index (χ1v) is 5.28. The molecule has 0 aliphatic rings. The number of carboxylic acids is 5. The molecule has 0 saturated carbocycles. The van der Waals surface area contributed by atoms with Gasteiger partial charge in [-0.05, 0) is 0 Å². The molecule has 12 nitrogen and oxygen atoms in total. The summed E-state index contributed by atoms with van der Waals surface area (Å²) in [6.07, 6.45) is -5.33. The molecule has 15 heteroatoms. The fraction of sp³-hybridized carbons (Fsp3) is 0.500. The van der Waals surface area contributed by atoms with Crippen molar-refractivity contribution in [2.75, 3.05) is 0 Å². The van der Waals surface area contributed by atoms with E-state index in [1.807, 2.05) is 0 Å². The van der Waals surface area contributed by atoms with Crippen LogP contribution in [0.4, 0.5) is 0 Å². The van der Waals surface area contributed by atoms with Gasteiger partial charge in [-0.1, -0.05) is 0 Å². The van der Waals surface area contributed by atoms with Crippen molar-refractivity contribution in [2.24, 2.45) is 0 Å². The maximum Gasteiger partial charge on any atom is 1.00 e. The molecular formula is C10H11K2NaO12. The first-order chi connectivity index (χ1) is 9.81. The summed E-state index contributed by atoms with van der Waals surface area (Å²) in [5.41, 5.74) is -2.80. The Kier molecular flexibility index (Phi) is 28.2. The molecule has 2 atom stereocenters. The van der Waals surface area contributed by atoms with Crippen LogP contribution < -0.4 is 148 Å². The number of carboxylic acid groups (broad SMARTS) is 5. The Hall–Kier alpha value is 1.54. The largest absolute Gasteiger partial charge is 1.00 e. The number of rotatable bonds is 8. The maximum absolute atomic E-state index is 10.3. The quantitative estimate of drug-likeness (QED) is 0.266. The number of hydrogen-bond acceptors (Lipinski definition) is 10. The minimum atomic E-state index is -2.80. The zero-order valence-electron chi connectivity index (χ0n) is 13.8. The second-order valence-electron chi connectivity index (χ2n) is 3.87. The molecule has 0 amide bonds. The van der Waals surface area contributed by atoms with E-state index in [1.165, 1.54) is 0 Å². The Morgan fingerprint density at radius 3 is 1.44 bits per heavy atom. The Morgan fingerprint density at radius 2 is 1.28 bits per heavy atom. The number of aliphatic hydroxyl groups excluding tert-OH is 1. The average molecular weight is 424 g/mol. The van der Waals surface area contributed by atoms with Crippen molar-refractivity contribution >= 4 is 29.8 Å². The number of hydrogen-bond donors (Lipinski definition) is 4. The summed E-state index contributed by atoms with van der Waals surface area (Å²) in [7, 11) is 0. The fourth-order valence-corrected chi connectivity index (χ4v) is 0.944. The van der Waals surface area contributed by atoms with E-state index in [2.05, 4.69) is 0 Å². The Morgan fingerprint density at radius 1 is 0.880 bits per heavy atom. The molecule has 2 unspecified atom stereocenters. The van der Waals surface area contributed by atoms with Crippen LogP contribution in [0.3, 0.4) is 0 Å². The van der Waals surface area contributed by atoms with Crippen molar-refractivity contribution in [3.05, 3.63) is 0 Å². The van der Waals surface area contributed by atoms with Crippen molar-refractivity contribution < 1.29 is 192 Å². The van der Waals surface area contributed by atoms with Crippen LogP contribution in [0.2, 0.25) is 0 Å². The van der Waals surface area contributed by atoms with Crippen LogP contribution in [0, 0.1) is 0 Å². The minimum Gasteiger partial charge on any atom is -0.550 e. The van der Waals surface area contributed by atoms with Crippen LogP contribution in [0.1, 0.15) is 19.3 Å². The van der Waals surface area contributed by atoms with Crippen LogP contribution in [-0.2, 0) is 24.0 Å². The van der Waals surface area contributed by atoms with Crippen LogP contribution in [0.25, 0.3) is 0 Å². The average Bonchev–Trinajstić information content (AvgIpc) is 2.25. The molecule has 0 aromatic carbocycles. The van der Waals surface area contributed by atoms with Gasteiger partial charge in [0.2, 0.25) is 0 Å². The molecule has 0 fully saturated rings. The van der Waals surface area contributed by atoms with Crippen LogP contribution in [0.15, 0.2) is 0 Å². The molecule has 126 valence electrons. The first-order valence-electron chi connectivity index (χ1n) is 5.28. The molecule has 4 N–H and O–H groups in total. The summed E-state index contributed by atoms with van der Waals surface area (Å²) in [6, 6.07) is 0. The van der Waals surface area contributed by atoms with E-state index in [9.17, 15) is 39.3 Å². The van der Waals surface area contributed by atoms with Gasteiger partial charge in [-0.25, -0.2) is 4.79 Å². The van der Waals surface area contributed by atoms with E-state index in [1.54, 1.807) is 0 Å². The zero-order valence-corrected chi connectivity index (χ0v) is 22.0. The van der Waals surface area contributed by atoms with Crippen LogP contribution in [-0.4, -0.2) is 62.0 Å². The summed E-state index contributed by atoms with van der Waals surface area (Å²) in [4.78, 5) is 49.5. The van der Waals surface area contributed by atoms with Gasteiger partial charge in [0.25, 0.3) is 0 Å². The van der Waals surface area contributed by atoms with Crippen molar-refractivity contribution in [3.63, 3.8) is 0 Å². The van der Waals surface area contributed by atoms with Gasteiger partial charge < -0.3 is 50.1 Å². The predicted octanol–water partition coefficient (Wildman–Crippen LogP) is -15.3. The molecular weight excluding hydrogens is 413 g/mol. The Balaban J connectivity index is -0.0000001000. The van der Waals surface area contributed by atoms with Gasteiger partial charge in [0.1, 0.15) is 0 Å². The zero-order chi connectivity index (χ0) is 18.1.